The van der Waals surface area contributed by atoms with Gasteiger partial charge in [0.15, 0.2) is 0 Å². The maximum Gasteiger partial charge on any atom is 0.307 e. The second-order valence-electron chi connectivity index (χ2n) is 6.58. The second-order valence-corrected chi connectivity index (χ2v) is 6.58. The fourth-order valence-electron chi connectivity index (χ4n) is 2.97. The highest BCUT2D eigenvalue weighted by atomic mass is 16.6. The normalized spacial score (nSPS) is 18.9. The van der Waals surface area contributed by atoms with Gasteiger partial charge in [-0.05, 0) is 50.7 Å². The fourth-order valence-corrected chi connectivity index (χ4v) is 2.97. The molecule has 2 atom stereocenters. The molecule has 4 heteroatoms. The first-order valence-electron chi connectivity index (χ1n) is 7.30. The predicted octanol–water partition coefficient (Wildman–Crippen LogP) is 3.15. The Balaban J connectivity index is 2.14. The molecule has 0 aliphatic heterocycles. The minimum atomic E-state index is -0.928. The van der Waals surface area contributed by atoms with E-state index in [1.807, 2.05) is 24.3 Å². The van der Waals surface area contributed by atoms with Crippen LogP contribution >= 0.6 is 0 Å². The first-order valence-corrected chi connectivity index (χ1v) is 7.30. The Bertz CT molecular complexity index is 542. The van der Waals surface area contributed by atoms with E-state index in [2.05, 4.69) is 0 Å². The van der Waals surface area contributed by atoms with Crippen molar-refractivity contribution in [2.24, 2.45) is 5.92 Å². The summed E-state index contributed by atoms with van der Waals surface area (Å²) in [4.78, 5) is 23.5. The number of carboxylic acid groups (broad SMARTS) is 1. The summed E-state index contributed by atoms with van der Waals surface area (Å²) < 4.78 is 5.26. The molecule has 0 bridgehead atoms. The van der Waals surface area contributed by atoms with Crippen LogP contribution in [0.3, 0.4) is 0 Å². The highest BCUT2D eigenvalue weighted by Crippen LogP contribution is 2.40. The van der Waals surface area contributed by atoms with E-state index in [1.54, 1.807) is 20.8 Å². The maximum absolute atomic E-state index is 12.0. The quantitative estimate of drug-likeness (QED) is 0.865. The smallest absolute Gasteiger partial charge is 0.307 e. The SMILES string of the molecule is CC(C)(C)OC(=O)C[C@H](C(=O)O)[C@H]1CCc2ccccc21. The van der Waals surface area contributed by atoms with Crippen molar-refractivity contribution in [1.29, 1.82) is 0 Å². The molecule has 1 aromatic rings. The Morgan fingerprint density at radius 3 is 2.62 bits per heavy atom. The lowest BCUT2D eigenvalue weighted by Gasteiger charge is -2.23. The Labute approximate surface area is 125 Å². The molecule has 0 unspecified atom stereocenters. The lowest BCUT2D eigenvalue weighted by Crippen LogP contribution is -2.29. The third kappa shape index (κ3) is 3.84. The number of esters is 1. The van der Waals surface area contributed by atoms with Crippen LogP contribution < -0.4 is 0 Å². The van der Waals surface area contributed by atoms with E-state index in [0.717, 1.165) is 18.4 Å². The van der Waals surface area contributed by atoms with Crippen molar-refractivity contribution >= 4 is 11.9 Å². The summed E-state index contributed by atoms with van der Waals surface area (Å²) in [6, 6.07) is 7.88. The average molecular weight is 290 g/mol. The Morgan fingerprint density at radius 2 is 2.00 bits per heavy atom. The van der Waals surface area contributed by atoms with Crippen molar-refractivity contribution in [2.45, 2.75) is 51.6 Å². The molecule has 0 amide bonds. The minimum absolute atomic E-state index is 0.0778. The largest absolute Gasteiger partial charge is 0.481 e. The van der Waals surface area contributed by atoms with E-state index in [0.29, 0.717) is 0 Å². The summed E-state index contributed by atoms with van der Waals surface area (Å²) in [5.41, 5.74) is 1.67. The summed E-state index contributed by atoms with van der Waals surface area (Å²) >= 11 is 0. The van der Waals surface area contributed by atoms with E-state index < -0.39 is 23.5 Å². The van der Waals surface area contributed by atoms with Gasteiger partial charge in [0.1, 0.15) is 5.60 Å². The first-order chi connectivity index (χ1) is 9.78. The Hall–Kier alpha value is -1.84. The molecular formula is C17H22O4. The molecule has 0 saturated heterocycles. The van der Waals surface area contributed by atoms with Crippen LogP contribution in [0.1, 0.15) is 50.7 Å². The number of hydrogen-bond acceptors (Lipinski definition) is 3. The van der Waals surface area contributed by atoms with Gasteiger partial charge in [-0.15, -0.1) is 0 Å². The molecule has 1 aromatic carbocycles. The molecule has 0 radical (unpaired) electrons. The summed E-state index contributed by atoms with van der Waals surface area (Å²) in [6.45, 7) is 5.35. The number of aliphatic carboxylic acids is 1. The van der Waals surface area contributed by atoms with Gasteiger partial charge < -0.3 is 9.84 Å². The van der Waals surface area contributed by atoms with Gasteiger partial charge in [-0.2, -0.15) is 0 Å². The molecule has 4 nitrogen and oxygen atoms in total. The van der Waals surface area contributed by atoms with Crippen molar-refractivity contribution in [2.75, 3.05) is 0 Å². The zero-order valence-electron chi connectivity index (χ0n) is 12.8. The summed E-state index contributed by atoms with van der Waals surface area (Å²) in [6.07, 6.45) is 1.57. The van der Waals surface area contributed by atoms with Gasteiger partial charge in [0.2, 0.25) is 0 Å². The van der Waals surface area contributed by atoms with Crippen LogP contribution in [0.25, 0.3) is 0 Å². The topological polar surface area (TPSA) is 63.6 Å². The van der Waals surface area contributed by atoms with Crippen molar-refractivity contribution in [3.8, 4) is 0 Å². The maximum atomic E-state index is 12.0. The molecule has 1 N–H and O–H groups in total. The highest BCUT2D eigenvalue weighted by Gasteiger charge is 2.36. The molecule has 0 heterocycles. The number of aryl methyl sites for hydroxylation is 1. The van der Waals surface area contributed by atoms with Crippen molar-refractivity contribution in [1.82, 2.24) is 0 Å². The molecule has 1 aliphatic carbocycles. The minimum Gasteiger partial charge on any atom is -0.481 e. The van der Waals surface area contributed by atoms with Crippen LogP contribution in [0.2, 0.25) is 0 Å². The fraction of sp³-hybridized carbons (Fsp3) is 0.529. The summed E-state index contributed by atoms with van der Waals surface area (Å²) in [5.74, 6) is -2.20. The van der Waals surface area contributed by atoms with Gasteiger partial charge >= 0.3 is 11.9 Å². The molecule has 0 aromatic heterocycles. The molecule has 0 fully saturated rings. The van der Waals surface area contributed by atoms with Crippen LogP contribution in [-0.4, -0.2) is 22.6 Å². The van der Waals surface area contributed by atoms with Gasteiger partial charge in [0.25, 0.3) is 0 Å². The lowest BCUT2D eigenvalue weighted by atomic mass is 9.85. The third-order valence-electron chi connectivity index (χ3n) is 3.79. The molecule has 114 valence electrons. The summed E-state index contributed by atoms with van der Waals surface area (Å²) in [5, 5.41) is 9.50. The average Bonchev–Trinajstić information content (AvgIpc) is 2.77. The third-order valence-corrected chi connectivity index (χ3v) is 3.79. The molecule has 1 aliphatic rings. The highest BCUT2D eigenvalue weighted by molar-refractivity contribution is 5.80. The number of rotatable bonds is 4. The standard InChI is InChI=1S/C17H22O4/c1-17(2,3)21-15(18)10-14(16(19)20)13-9-8-11-6-4-5-7-12(11)13/h4-7,13-14H,8-10H2,1-3H3,(H,19,20)/t13-,14-/m0/s1. The zero-order valence-corrected chi connectivity index (χ0v) is 12.8. The predicted molar refractivity (Wildman–Crippen MR) is 79.1 cm³/mol. The van der Waals surface area contributed by atoms with Crippen LogP contribution in [0.4, 0.5) is 0 Å². The molecular weight excluding hydrogens is 268 g/mol. The van der Waals surface area contributed by atoms with E-state index in [-0.39, 0.29) is 12.3 Å². The molecule has 2 rings (SSSR count). The number of hydrogen-bond donors (Lipinski definition) is 1. The molecule has 0 saturated carbocycles. The van der Waals surface area contributed by atoms with Gasteiger partial charge in [-0.25, -0.2) is 0 Å². The Kier molecular flexibility index (Phi) is 4.35. The first kappa shape index (κ1) is 15.5. The van der Waals surface area contributed by atoms with Crippen molar-refractivity contribution < 1.29 is 19.4 Å². The Morgan fingerprint density at radius 1 is 1.33 bits per heavy atom. The van der Waals surface area contributed by atoms with Crippen LogP contribution in [-0.2, 0) is 20.7 Å². The van der Waals surface area contributed by atoms with Crippen LogP contribution in [0, 0.1) is 5.92 Å². The van der Waals surface area contributed by atoms with Gasteiger partial charge in [0, 0.05) is 0 Å². The van der Waals surface area contributed by atoms with E-state index in [4.69, 9.17) is 4.74 Å². The zero-order chi connectivity index (χ0) is 15.6. The van der Waals surface area contributed by atoms with E-state index in [1.165, 1.54) is 5.56 Å². The van der Waals surface area contributed by atoms with Crippen LogP contribution in [0.5, 0.6) is 0 Å². The van der Waals surface area contributed by atoms with Crippen LogP contribution in [0.15, 0.2) is 24.3 Å². The van der Waals surface area contributed by atoms with E-state index in [9.17, 15) is 14.7 Å². The number of carboxylic acids is 1. The summed E-state index contributed by atoms with van der Waals surface area (Å²) in [7, 11) is 0. The number of carbonyl (C=O) groups is 2. The second kappa shape index (κ2) is 5.88. The number of fused-ring (bicyclic) bond motifs is 1. The van der Waals surface area contributed by atoms with Crippen molar-refractivity contribution in [3.63, 3.8) is 0 Å². The monoisotopic (exact) mass is 290 g/mol. The number of carbonyl (C=O) groups excluding carboxylic acids is 1. The number of ether oxygens (including phenoxy) is 1. The van der Waals surface area contributed by atoms with Crippen molar-refractivity contribution in [3.05, 3.63) is 35.4 Å². The van der Waals surface area contributed by atoms with E-state index >= 15 is 0 Å². The molecule has 0 spiro atoms. The lowest BCUT2D eigenvalue weighted by molar-refractivity contribution is -0.160. The van der Waals surface area contributed by atoms with Gasteiger partial charge in [-0.1, -0.05) is 24.3 Å². The van der Waals surface area contributed by atoms with Gasteiger partial charge in [0.05, 0.1) is 12.3 Å². The molecule has 21 heavy (non-hydrogen) atoms. The van der Waals surface area contributed by atoms with Gasteiger partial charge in [-0.3, -0.25) is 9.59 Å². The number of benzene rings is 1.